The van der Waals surface area contributed by atoms with E-state index in [1.807, 2.05) is 12.1 Å². The highest BCUT2D eigenvalue weighted by atomic mass is 35.5. The van der Waals surface area contributed by atoms with Crippen LogP contribution in [0.4, 0.5) is 22.0 Å². The van der Waals surface area contributed by atoms with Crippen molar-refractivity contribution >= 4 is 17.5 Å². The molecule has 1 aliphatic rings. The van der Waals surface area contributed by atoms with Gasteiger partial charge in [-0.15, -0.1) is 0 Å². The molecule has 1 aliphatic carbocycles. The first-order valence-corrected chi connectivity index (χ1v) is 14.3. The average molecular weight is 643 g/mol. The minimum Gasteiger partial charge on any atom is -0.435 e. The van der Waals surface area contributed by atoms with Gasteiger partial charge >= 0.3 is 12.8 Å². The quantitative estimate of drug-likeness (QED) is 0.134. The van der Waals surface area contributed by atoms with Crippen LogP contribution >= 0.6 is 11.6 Å². The third kappa shape index (κ3) is 6.43. The Kier molecular flexibility index (Phi) is 9.27. The minimum absolute atomic E-state index is 0.0483. The van der Waals surface area contributed by atoms with E-state index in [1.54, 1.807) is 66.7 Å². The fraction of sp³-hybridized carbons (Fsp3) is 0.235. The Morgan fingerprint density at radius 1 is 0.978 bits per heavy atom. The molecular weight excluding hydrogens is 615 g/mol. The summed E-state index contributed by atoms with van der Waals surface area (Å²) >= 11 is 6.17. The highest BCUT2D eigenvalue weighted by Crippen LogP contribution is 2.55. The number of pyridine rings is 1. The Morgan fingerprint density at radius 2 is 1.67 bits per heavy atom. The second-order valence-corrected chi connectivity index (χ2v) is 11.1. The van der Waals surface area contributed by atoms with Crippen molar-refractivity contribution in [2.45, 2.75) is 36.6 Å². The van der Waals surface area contributed by atoms with Crippen LogP contribution in [0.3, 0.4) is 0 Å². The number of halogens is 6. The topological polar surface area (TPSA) is 60.5 Å². The van der Waals surface area contributed by atoms with Crippen molar-refractivity contribution in [1.82, 2.24) is 10.3 Å². The van der Waals surface area contributed by atoms with Gasteiger partial charge in [-0.25, -0.2) is 0 Å². The van der Waals surface area contributed by atoms with Crippen molar-refractivity contribution in [3.05, 3.63) is 142 Å². The highest BCUT2D eigenvalue weighted by molar-refractivity contribution is 6.30. The first kappa shape index (κ1) is 32.1. The monoisotopic (exact) mass is 642 g/mol. The summed E-state index contributed by atoms with van der Waals surface area (Å²) in [6.45, 7) is -3.56. The molecule has 0 saturated heterocycles. The van der Waals surface area contributed by atoms with E-state index in [0.29, 0.717) is 16.1 Å². The van der Waals surface area contributed by atoms with E-state index in [9.17, 15) is 26.7 Å². The van der Waals surface area contributed by atoms with Crippen LogP contribution in [0.15, 0.2) is 114 Å². The molecule has 1 unspecified atom stereocenters. The molecule has 0 aliphatic heterocycles. The molecular formula is C34H28ClF5N2O3. The second kappa shape index (κ2) is 13.0. The predicted octanol–water partition coefficient (Wildman–Crippen LogP) is 7.79. The normalized spacial score (nSPS) is 17.9. The predicted molar refractivity (Wildman–Crippen MR) is 159 cm³/mol. The first-order chi connectivity index (χ1) is 21.5. The summed E-state index contributed by atoms with van der Waals surface area (Å²) in [6.07, 6.45) is -3.90. The number of benzene rings is 3. The van der Waals surface area contributed by atoms with Crippen LogP contribution in [-0.4, -0.2) is 37.4 Å². The summed E-state index contributed by atoms with van der Waals surface area (Å²) in [5, 5.41) is 3.37. The third-order valence-electron chi connectivity index (χ3n) is 7.96. The molecule has 0 spiro atoms. The van der Waals surface area contributed by atoms with Gasteiger partial charge in [0.15, 0.2) is 0 Å². The number of rotatable bonds is 11. The van der Waals surface area contributed by atoms with Crippen molar-refractivity contribution < 1.29 is 36.2 Å². The molecule has 1 aromatic heterocycles. The fourth-order valence-corrected chi connectivity index (χ4v) is 6.00. The van der Waals surface area contributed by atoms with E-state index in [1.165, 1.54) is 31.5 Å². The largest absolute Gasteiger partial charge is 0.435 e. The lowest BCUT2D eigenvalue weighted by Gasteiger charge is -2.48. The molecule has 3 aromatic carbocycles. The molecule has 5 rings (SSSR count). The van der Waals surface area contributed by atoms with Gasteiger partial charge < -0.3 is 14.8 Å². The Bertz CT molecular complexity index is 1670. The van der Waals surface area contributed by atoms with Crippen molar-refractivity contribution in [1.29, 1.82) is 0 Å². The van der Waals surface area contributed by atoms with Gasteiger partial charge in [0.05, 0.1) is 17.3 Å². The summed E-state index contributed by atoms with van der Waals surface area (Å²) in [5.74, 6) is -0.925. The third-order valence-corrected chi connectivity index (χ3v) is 8.19. The van der Waals surface area contributed by atoms with Crippen molar-refractivity contribution in [2.24, 2.45) is 0 Å². The molecule has 45 heavy (non-hydrogen) atoms. The van der Waals surface area contributed by atoms with Gasteiger partial charge in [-0.05, 0) is 52.9 Å². The Balaban J connectivity index is 1.75. The second-order valence-electron chi connectivity index (χ2n) is 10.6. The number of hydrogen-bond donors (Lipinski definition) is 1. The first-order valence-electron chi connectivity index (χ1n) is 13.9. The maximum Gasteiger partial charge on any atom is 0.412 e. The number of carbonyl (C=O) groups excluding carboxylic acids is 1. The lowest BCUT2D eigenvalue weighted by molar-refractivity contribution is -0.132. The van der Waals surface area contributed by atoms with E-state index < -0.39 is 48.2 Å². The number of alkyl halides is 5. The van der Waals surface area contributed by atoms with E-state index in [-0.39, 0.29) is 23.4 Å². The van der Waals surface area contributed by atoms with E-state index >= 15 is 0 Å². The smallest absolute Gasteiger partial charge is 0.412 e. The van der Waals surface area contributed by atoms with Gasteiger partial charge in [-0.2, -0.15) is 22.0 Å². The summed E-state index contributed by atoms with van der Waals surface area (Å²) in [4.78, 5) is 19.3. The molecule has 234 valence electrons. The summed E-state index contributed by atoms with van der Waals surface area (Å²) in [5.41, 5.74) is -2.75. The molecule has 1 N–H and O–H groups in total. The number of amides is 1. The van der Waals surface area contributed by atoms with Crippen LogP contribution in [0, 0.1) is 0 Å². The molecule has 1 heterocycles. The Labute approximate surface area is 261 Å². The van der Waals surface area contributed by atoms with E-state index in [0.717, 1.165) is 5.56 Å². The summed E-state index contributed by atoms with van der Waals surface area (Å²) < 4.78 is 79.1. The minimum atomic E-state index is -4.69. The van der Waals surface area contributed by atoms with Gasteiger partial charge in [0.25, 0.3) is 0 Å². The number of nitrogens with zero attached hydrogens (tertiary/aromatic N) is 1. The lowest BCUT2D eigenvalue weighted by atomic mass is 9.59. The van der Waals surface area contributed by atoms with Crippen LogP contribution < -0.4 is 10.1 Å². The molecule has 4 aromatic rings. The fourth-order valence-electron chi connectivity index (χ4n) is 5.89. The van der Waals surface area contributed by atoms with Gasteiger partial charge in [0.2, 0.25) is 5.91 Å². The standard InChI is InChI=1S/C34H28ClF5N2O3/c1-44-21-28-27(34(38,39)40)19-32(28,23-11-6-3-7-12-23)30(43)42-33(18-22-9-4-2-5-10-22,29-16-15-25(35)20-41-29)24-13-8-14-26(17-24)45-31(36)37/h2-17,20,31H,18-19,21H2,1H3,(H,42,43)/t32?,33-/m0/s1. The van der Waals surface area contributed by atoms with Crippen LogP contribution in [0.1, 0.15) is 28.8 Å². The molecule has 0 radical (unpaired) electrons. The molecule has 5 nitrogen and oxygen atoms in total. The van der Waals surface area contributed by atoms with Gasteiger partial charge in [0.1, 0.15) is 16.7 Å². The van der Waals surface area contributed by atoms with Crippen molar-refractivity contribution in [3.63, 3.8) is 0 Å². The molecule has 1 amide bonds. The number of ether oxygens (including phenoxy) is 2. The van der Waals surface area contributed by atoms with Gasteiger partial charge in [0, 0.05) is 25.3 Å². The zero-order valence-corrected chi connectivity index (χ0v) is 24.7. The lowest BCUT2D eigenvalue weighted by Crippen LogP contribution is -2.60. The number of hydrogen-bond acceptors (Lipinski definition) is 4. The molecule has 0 bridgehead atoms. The van der Waals surface area contributed by atoms with Gasteiger partial charge in [-0.3, -0.25) is 9.78 Å². The number of allylic oxidation sites excluding steroid dienone is 1. The zero-order valence-electron chi connectivity index (χ0n) is 24.0. The van der Waals surface area contributed by atoms with Crippen LogP contribution in [-0.2, 0) is 26.9 Å². The van der Waals surface area contributed by atoms with Crippen LogP contribution in [0.25, 0.3) is 0 Å². The van der Waals surface area contributed by atoms with E-state index in [2.05, 4.69) is 10.3 Å². The van der Waals surface area contributed by atoms with Crippen molar-refractivity contribution in [3.8, 4) is 5.75 Å². The van der Waals surface area contributed by atoms with Gasteiger partial charge in [-0.1, -0.05) is 84.4 Å². The average Bonchev–Trinajstić information content (AvgIpc) is 3.00. The van der Waals surface area contributed by atoms with Crippen LogP contribution in [0.5, 0.6) is 5.75 Å². The number of carbonyl (C=O) groups is 1. The highest BCUT2D eigenvalue weighted by Gasteiger charge is 2.60. The Morgan fingerprint density at radius 3 is 2.27 bits per heavy atom. The number of aromatic nitrogens is 1. The van der Waals surface area contributed by atoms with Crippen molar-refractivity contribution in [2.75, 3.05) is 13.7 Å². The molecule has 11 heteroatoms. The number of methoxy groups -OCH3 is 1. The molecule has 0 fully saturated rings. The Hall–Kier alpha value is -4.28. The summed E-state index contributed by atoms with van der Waals surface area (Å²) in [7, 11) is 1.26. The maximum atomic E-state index is 14.8. The zero-order chi connectivity index (χ0) is 32.2. The number of nitrogens with one attached hydrogen (secondary N) is 1. The summed E-state index contributed by atoms with van der Waals surface area (Å²) in [6, 6.07) is 26.1. The van der Waals surface area contributed by atoms with Crippen LogP contribution in [0.2, 0.25) is 5.02 Å². The maximum absolute atomic E-state index is 14.8. The SMILES string of the molecule is COCC1=C(C(F)(F)F)CC1(C(=O)N[C@@](Cc1ccccc1)(c1cccc(OC(F)F)c1)c1ccc(Cl)cn1)c1ccccc1. The molecule has 0 saturated carbocycles. The molecule has 2 atom stereocenters. The van der Waals surface area contributed by atoms with E-state index in [4.69, 9.17) is 21.1 Å².